The van der Waals surface area contributed by atoms with E-state index in [0.29, 0.717) is 6.54 Å². The van der Waals surface area contributed by atoms with Crippen LogP contribution in [0.3, 0.4) is 0 Å². The molecule has 21 heavy (non-hydrogen) atoms. The number of aromatic nitrogens is 1. The third kappa shape index (κ3) is 2.99. The molecule has 0 fully saturated rings. The monoisotopic (exact) mass is 345 g/mol. The number of nitrogens with zero attached hydrogens (tertiary/aromatic N) is 2. The van der Waals surface area contributed by atoms with Gasteiger partial charge in [-0.1, -0.05) is 30.3 Å². The van der Waals surface area contributed by atoms with Crippen molar-refractivity contribution in [3.05, 3.63) is 63.9 Å². The lowest BCUT2D eigenvalue weighted by molar-refractivity contribution is -0.124. The highest BCUT2D eigenvalue weighted by Gasteiger charge is 2.31. The van der Waals surface area contributed by atoms with E-state index in [-0.39, 0.29) is 11.9 Å². The predicted molar refractivity (Wildman–Crippen MR) is 84.4 cm³/mol. The lowest BCUT2D eigenvalue weighted by Crippen LogP contribution is -2.42. The summed E-state index contributed by atoms with van der Waals surface area (Å²) in [5.41, 5.74) is 8.80. The highest BCUT2D eigenvalue weighted by Crippen LogP contribution is 2.30. The first-order chi connectivity index (χ1) is 10.1. The van der Waals surface area contributed by atoms with Crippen molar-refractivity contribution < 1.29 is 4.79 Å². The number of halogens is 1. The Hall–Kier alpha value is -1.72. The molecule has 0 bridgehead atoms. The molecule has 0 aliphatic carbocycles. The summed E-state index contributed by atoms with van der Waals surface area (Å²) in [6.45, 7) is 1.42. The summed E-state index contributed by atoms with van der Waals surface area (Å²) in [5.74, 6) is -0.308. The van der Waals surface area contributed by atoms with Crippen LogP contribution in [-0.2, 0) is 17.8 Å². The Morgan fingerprint density at radius 2 is 2.10 bits per heavy atom. The number of rotatable bonds is 3. The molecule has 2 aromatic rings. The minimum Gasteiger partial charge on any atom is -0.368 e. The second kappa shape index (κ2) is 5.95. The Bertz CT molecular complexity index is 674. The molecular formula is C16H16BrN3O. The van der Waals surface area contributed by atoms with Crippen LogP contribution >= 0.6 is 15.9 Å². The molecule has 2 heterocycles. The van der Waals surface area contributed by atoms with Crippen molar-refractivity contribution in [2.24, 2.45) is 5.73 Å². The van der Waals surface area contributed by atoms with E-state index in [1.807, 2.05) is 36.4 Å². The van der Waals surface area contributed by atoms with E-state index in [4.69, 9.17) is 5.73 Å². The zero-order chi connectivity index (χ0) is 14.8. The number of pyridine rings is 1. The van der Waals surface area contributed by atoms with Gasteiger partial charge in [-0.15, -0.1) is 0 Å². The first kappa shape index (κ1) is 14.2. The second-order valence-corrected chi connectivity index (χ2v) is 5.99. The summed E-state index contributed by atoms with van der Waals surface area (Å²) >= 11 is 3.38. The zero-order valence-electron chi connectivity index (χ0n) is 11.5. The molecule has 108 valence electrons. The molecule has 0 saturated carbocycles. The molecule has 4 nitrogen and oxygen atoms in total. The smallest absolute Gasteiger partial charge is 0.239 e. The van der Waals surface area contributed by atoms with Crippen LogP contribution in [0.1, 0.15) is 22.9 Å². The molecule has 3 rings (SSSR count). The van der Waals surface area contributed by atoms with E-state index < -0.39 is 0 Å². The van der Waals surface area contributed by atoms with Crippen LogP contribution in [0.25, 0.3) is 0 Å². The van der Waals surface area contributed by atoms with Gasteiger partial charge < -0.3 is 5.73 Å². The molecule has 1 aromatic carbocycles. The van der Waals surface area contributed by atoms with Crippen LogP contribution in [0.5, 0.6) is 0 Å². The van der Waals surface area contributed by atoms with Crippen molar-refractivity contribution in [2.45, 2.75) is 19.0 Å². The van der Waals surface area contributed by atoms with Gasteiger partial charge in [-0.3, -0.25) is 9.69 Å². The van der Waals surface area contributed by atoms with Crippen LogP contribution in [-0.4, -0.2) is 22.3 Å². The van der Waals surface area contributed by atoms with Crippen molar-refractivity contribution in [2.75, 3.05) is 6.54 Å². The molecule has 1 aliphatic rings. The standard InChI is InChI=1S/C16H16BrN3O/c17-14-7-3-5-12(19-14)10-20-9-8-11-4-1-2-6-13(11)15(20)16(18)21/h1-7,15H,8-10H2,(H2,18,21). The van der Waals surface area contributed by atoms with Gasteiger partial charge in [-0.25, -0.2) is 4.98 Å². The van der Waals surface area contributed by atoms with Crippen LogP contribution in [0.15, 0.2) is 47.1 Å². The second-order valence-electron chi connectivity index (χ2n) is 5.18. The number of benzene rings is 1. The fraction of sp³-hybridized carbons (Fsp3) is 0.250. The Morgan fingerprint density at radius 1 is 1.29 bits per heavy atom. The number of hydrogen-bond acceptors (Lipinski definition) is 3. The van der Waals surface area contributed by atoms with Gasteiger partial charge in [-0.05, 0) is 45.6 Å². The summed E-state index contributed by atoms with van der Waals surface area (Å²) in [7, 11) is 0. The molecule has 5 heteroatoms. The van der Waals surface area contributed by atoms with Gasteiger partial charge in [0.05, 0.1) is 5.69 Å². The minimum absolute atomic E-state index is 0.308. The van der Waals surface area contributed by atoms with E-state index in [0.717, 1.165) is 28.8 Å². The summed E-state index contributed by atoms with van der Waals surface area (Å²) in [5, 5.41) is 0. The number of carbonyl (C=O) groups is 1. The zero-order valence-corrected chi connectivity index (χ0v) is 13.1. The van der Waals surface area contributed by atoms with Crippen molar-refractivity contribution in [3.63, 3.8) is 0 Å². The molecule has 0 saturated heterocycles. The van der Waals surface area contributed by atoms with E-state index >= 15 is 0 Å². The molecule has 1 amide bonds. The van der Waals surface area contributed by atoms with Crippen molar-refractivity contribution in [3.8, 4) is 0 Å². The van der Waals surface area contributed by atoms with Crippen LogP contribution in [0.4, 0.5) is 0 Å². The number of carbonyl (C=O) groups excluding carboxylic acids is 1. The summed E-state index contributed by atoms with van der Waals surface area (Å²) in [6, 6.07) is 13.4. The van der Waals surface area contributed by atoms with E-state index in [9.17, 15) is 4.79 Å². The SMILES string of the molecule is NC(=O)C1c2ccccc2CCN1Cc1cccc(Br)n1. The number of fused-ring (bicyclic) bond motifs is 1. The number of nitrogens with two attached hydrogens (primary N) is 1. The first-order valence-corrected chi connectivity index (χ1v) is 7.67. The summed E-state index contributed by atoms with van der Waals surface area (Å²) in [6.07, 6.45) is 0.925. The van der Waals surface area contributed by atoms with Crippen LogP contribution < -0.4 is 5.73 Å². The predicted octanol–water partition coefficient (Wildman–Crippen LogP) is 2.43. The fourth-order valence-electron chi connectivity index (χ4n) is 2.87. The lowest BCUT2D eigenvalue weighted by Gasteiger charge is -2.35. The Labute approximate surface area is 132 Å². The third-order valence-electron chi connectivity index (χ3n) is 3.79. The van der Waals surface area contributed by atoms with Crippen molar-refractivity contribution in [1.29, 1.82) is 0 Å². The molecule has 0 spiro atoms. The van der Waals surface area contributed by atoms with Gasteiger partial charge in [0.25, 0.3) is 0 Å². The van der Waals surface area contributed by atoms with Crippen LogP contribution in [0, 0.1) is 0 Å². The maximum absolute atomic E-state index is 11.9. The molecule has 1 atom stereocenters. The van der Waals surface area contributed by atoms with Crippen molar-refractivity contribution >= 4 is 21.8 Å². The Morgan fingerprint density at radius 3 is 2.86 bits per heavy atom. The van der Waals surface area contributed by atoms with E-state index in [1.165, 1.54) is 5.56 Å². The first-order valence-electron chi connectivity index (χ1n) is 6.88. The Balaban J connectivity index is 1.91. The maximum atomic E-state index is 11.9. The molecule has 0 radical (unpaired) electrons. The average molecular weight is 346 g/mol. The summed E-state index contributed by atoms with van der Waals surface area (Å²) in [4.78, 5) is 18.5. The molecule has 1 aromatic heterocycles. The Kier molecular flexibility index (Phi) is 4.03. The highest BCUT2D eigenvalue weighted by molar-refractivity contribution is 9.10. The highest BCUT2D eigenvalue weighted by atomic mass is 79.9. The largest absolute Gasteiger partial charge is 0.368 e. The van der Waals surface area contributed by atoms with Gasteiger partial charge in [0.15, 0.2) is 0 Å². The number of hydrogen-bond donors (Lipinski definition) is 1. The number of primary amides is 1. The van der Waals surface area contributed by atoms with E-state index in [1.54, 1.807) is 0 Å². The van der Waals surface area contributed by atoms with E-state index in [2.05, 4.69) is 31.9 Å². The van der Waals surface area contributed by atoms with Gasteiger partial charge in [0, 0.05) is 13.1 Å². The maximum Gasteiger partial charge on any atom is 0.239 e. The summed E-state index contributed by atoms with van der Waals surface area (Å²) < 4.78 is 0.799. The molecule has 1 unspecified atom stereocenters. The molecular weight excluding hydrogens is 330 g/mol. The third-order valence-corrected chi connectivity index (χ3v) is 4.23. The topological polar surface area (TPSA) is 59.2 Å². The molecule has 2 N–H and O–H groups in total. The number of amides is 1. The van der Waals surface area contributed by atoms with Crippen molar-refractivity contribution in [1.82, 2.24) is 9.88 Å². The fourth-order valence-corrected chi connectivity index (χ4v) is 3.25. The normalized spacial score (nSPS) is 18.2. The molecule has 1 aliphatic heterocycles. The van der Waals surface area contributed by atoms with Gasteiger partial charge in [-0.2, -0.15) is 0 Å². The van der Waals surface area contributed by atoms with Gasteiger partial charge >= 0.3 is 0 Å². The van der Waals surface area contributed by atoms with Gasteiger partial charge in [0.2, 0.25) is 5.91 Å². The quantitative estimate of drug-likeness (QED) is 0.869. The van der Waals surface area contributed by atoms with Crippen LogP contribution in [0.2, 0.25) is 0 Å². The lowest BCUT2D eigenvalue weighted by atomic mass is 9.92. The average Bonchev–Trinajstić information content (AvgIpc) is 2.46. The minimum atomic E-state index is -0.379. The van der Waals surface area contributed by atoms with Gasteiger partial charge in [0.1, 0.15) is 10.6 Å².